The molecule has 0 aliphatic rings. The van der Waals surface area contributed by atoms with E-state index in [2.05, 4.69) is 15.6 Å². The molecule has 7 nitrogen and oxygen atoms in total. The van der Waals surface area contributed by atoms with Gasteiger partial charge >= 0.3 is 6.18 Å². The van der Waals surface area contributed by atoms with Crippen LogP contribution in [0.4, 0.5) is 24.0 Å². The number of hydrogen-bond acceptors (Lipinski definition) is 6. The zero-order valence-electron chi connectivity index (χ0n) is 14.1. The van der Waals surface area contributed by atoms with Gasteiger partial charge in [-0.15, -0.1) is 0 Å². The fourth-order valence-corrected chi connectivity index (χ4v) is 3.29. The number of thiazole rings is 1. The molecule has 0 unspecified atom stereocenters. The summed E-state index contributed by atoms with van der Waals surface area (Å²) in [6, 6.07) is 8.31. The Labute approximate surface area is 160 Å². The molecule has 0 saturated heterocycles. The molecule has 2 aromatic carbocycles. The maximum atomic E-state index is 12.5. The highest BCUT2D eigenvalue weighted by Gasteiger charge is 2.30. The third kappa shape index (κ3) is 4.55. The van der Waals surface area contributed by atoms with Crippen LogP contribution in [0, 0.1) is 10.1 Å². The van der Waals surface area contributed by atoms with E-state index in [0.717, 1.165) is 24.3 Å². The minimum absolute atomic E-state index is 0.0218. The predicted molar refractivity (Wildman–Crippen MR) is 98.5 cm³/mol. The molecule has 0 atom stereocenters. The molecule has 0 aliphatic heterocycles. The number of nitrogens with zero attached hydrogens (tertiary/aromatic N) is 2. The number of non-ortho nitro benzene ring substituents is 1. The molecule has 0 spiro atoms. The molecule has 1 heterocycles. The average Bonchev–Trinajstić information content (AvgIpc) is 3.06. The minimum atomic E-state index is -4.45. The summed E-state index contributed by atoms with van der Waals surface area (Å²) in [6.45, 7) is 0.546. The Morgan fingerprint density at radius 3 is 2.50 bits per heavy atom. The number of halogens is 3. The SMILES string of the molecule is O=C(NCCNc1nc2ccc([N+](=O)[O-])cc2s1)c1ccc(C(F)(F)F)cc1. The van der Waals surface area contributed by atoms with E-state index in [1.54, 1.807) is 6.07 Å². The van der Waals surface area contributed by atoms with Gasteiger partial charge in [-0.1, -0.05) is 11.3 Å². The fraction of sp³-hybridized carbons (Fsp3) is 0.176. The highest BCUT2D eigenvalue weighted by molar-refractivity contribution is 7.22. The Hall–Kier alpha value is -3.21. The largest absolute Gasteiger partial charge is 0.416 e. The van der Waals surface area contributed by atoms with Crippen LogP contribution in [0.3, 0.4) is 0 Å². The van der Waals surface area contributed by atoms with E-state index in [9.17, 15) is 28.1 Å². The first-order valence-electron chi connectivity index (χ1n) is 7.98. The highest BCUT2D eigenvalue weighted by atomic mass is 32.1. The third-order valence-electron chi connectivity index (χ3n) is 3.74. The summed E-state index contributed by atoms with van der Waals surface area (Å²) in [5.41, 5.74) is -0.0968. The molecule has 3 rings (SSSR count). The van der Waals surface area contributed by atoms with Crippen molar-refractivity contribution in [2.24, 2.45) is 0 Å². The smallest absolute Gasteiger partial charge is 0.360 e. The number of nitro benzene ring substituents is 1. The maximum Gasteiger partial charge on any atom is 0.416 e. The van der Waals surface area contributed by atoms with Crippen LogP contribution in [0.2, 0.25) is 0 Å². The van der Waals surface area contributed by atoms with E-state index < -0.39 is 22.6 Å². The van der Waals surface area contributed by atoms with Gasteiger partial charge in [0.05, 0.1) is 20.7 Å². The van der Waals surface area contributed by atoms with Crippen molar-refractivity contribution in [2.75, 3.05) is 18.4 Å². The predicted octanol–water partition coefficient (Wildman–Crippen LogP) is 4.07. The second-order valence-corrected chi connectivity index (χ2v) is 6.72. The summed E-state index contributed by atoms with van der Waals surface area (Å²) < 4.78 is 38.2. The Kier molecular flexibility index (Phi) is 5.45. The van der Waals surface area contributed by atoms with Crippen LogP contribution in [-0.4, -0.2) is 28.9 Å². The van der Waals surface area contributed by atoms with Crippen LogP contribution in [0.15, 0.2) is 42.5 Å². The van der Waals surface area contributed by atoms with Gasteiger partial charge in [-0.3, -0.25) is 14.9 Å². The van der Waals surface area contributed by atoms with Crippen molar-refractivity contribution < 1.29 is 22.9 Å². The number of hydrogen-bond donors (Lipinski definition) is 2. The Balaban J connectivity index is 1.52. The number of rotatable bonds is 6. The monoisotopic (exact) mass is 410 g/mol. The minimum Gasteiger partial charge on any atom is -0.360 e. The van der Waals surface area contributed by atoms with Gasteiger partial charge in [0, 0.05) is 30.8 Å². The van der Waals surface area contributed by atoms with Crippen LogP contribution >= 0.6 is 11.3 Å². The molecule has 28 heavy (non-hydrogen) atoms. The van der Waals surface area contributed by atoms with Gasteiger partial charge in [0.2, 0.25) is 0 Å². The van der Waals surface area contributed by atoms with E-state index >= 15 is 0 Å². The summed E-state index contributed by atoms with van der Waals surface area (Å²) in [5.74, 6) is -0.490. The van der Waals surface area contributed by atoms with Crippen LogP contribution in [0.25, 0.3) is 10.2 Å². The lowest BCUT2D eigenvalue weighted by atomic mass is 10.1. The van der Waals surface area contributed by atoms with Crippen LogP contribution in [-0.2, 0) is 6.18 Å². The van der Waals surface area contributed by atoms with Crippen LogP contribution in [0.5, 0.6) is 0 Å². The van der Waals surface area contributed by atoms with Gasteiger partial charge in [-0.25, -0.2) is 4.98 Å². The molecule has 0 fully saturated rings. The van der Waals surface area contributed by atoms with Gasteiger partial charge in [0.1, 0.15) is 0 Å². The van der Waals surface area contributed by atoms with Crippen LogP contribution < -0.4 is 10.6 Å². The number of amides is 1. The van der Waals surface area contributed by atoms with Crippen molar-refractivity contribution in [1.82, 2.24) is 10.3 Å². The normalized spacial score (nSPS) is 11.4. The van der Waals surface area contributed by atoms with Crippen molar-refractivity contribution in [3.63, 3.8) is 0 Å². The van der Waals surface area contributed by atoms with Gasteiger partial charge in [-0.2, -0.15) is 13.2 Å². The number of benzene rings is 2. The van der Waals surface area contributed by atoms with E-state index in [0.29, 0.717) is 21.9 Å². The molecule has 2 N–H and O–H groups in total. The van der Waals surface area contributed by atoms with E-state index in [4.69, 9.17) is 0 Å². The van der Waals surface area contributed by atoms with E-state index in [1.807, 2.05) is 0 Å². The zero-order chi connectivity index (χ0) is 20.3. The second-order valence-electron chi connectivity index (χ2n) is 5.69. The molecule has 1 amide bonds. The number of carbonyl (C=O) groups is 1. The molecular weight excluding hydrogens is 397 g/mol. The number of nitro groups is 1. The van der Waals surface area contributed by atoms with Gasteiger partial charge in [-0.05, 0) is 30.3 Å². The van der Waals surface area contributed by atoms with Crippen molar-refractivity contribution in [3.05, 3.63) is 63.7 Å². The molecule has 3 aromatic rings. The first-order chi connectivity index (χ1) is 13.2. The summed E-state index contributed by atoms with van der Waals surface area (Å²) in [6.07, 6.45) is -4.45. The summed E-state index contributed by atoms with van der Waals surface area (Å²) in [5, 5.41) is 16.9. The molecule has 0 radical (unpaired) electrons. The van der Waals surface area contributed by atoms with Crippen LogP contribution in [0.1, 0.15) is 15.9 Å². The van der Waals surface area contributed by atoms with Gasteiger partial charge < -0.3 is 10.6 Å². The molecule has 0 saturated carbocycles. The Morgan fingerprint density at radius 2 is 1.86 bits per heavy atom. The van der Waals surface area contributed by atoms with Gasteiger partial charge in [0.15, 0.2) is 5.13 Å². The molecule has 0 aliphatic carbocycles. The first kappa shape index (κ1) is 19.5. The average molecular weight is 410 g/mol. The topological polar surface area (TPSA) is 97.2 Å². The Morgan fingerprint density at radius 1 is 1.14 bits per heavy atom. The Bertz CT molecular complexity index is 1020. The number of anilines is 1. The molecule has 0 bridgehead atoms. The molecule has 1 aromatic heterocycles. The summed E-state index contributed by atoms with van der Waals surface area (Å²) in [7, 11) is 0. The number of carbonyl (C=O) groups excluding carboxylic acids is 1. The quantitative estimate of drug-likeness (QED) is 0.363. The number of alkyl halides is 3. The summed E-state index contributed by atoms with van der Waals surface area (Å²) >= 11 is 1.24. The van der Waals surface area contributed by atoms with Crippen molar-refractivity contribution in [2.45, 2.75) is 6.18 Å². The fourth-order valence-electron chi connectivity index (χ4n) is 2.36. The van der Waals surface area contributed by atoms with E-state index in [-0.39, 0.29) is 17.8 Å². The van der Waals surface area contributed by atoms with Gasteiger partial charge in [0.25, 0.3) is 11.6 Å². The second kappa shape index (κ2) is 7.80. The maximum absolute atomic E-state index is 12.5. The van der Waals surface area contributed by atoms with E-state index in [1.165, 1.54) is 23.5 Å². The van der Waals surface area contributed by atoms with Crippen molar-refractivity contribution in [3.8, 4) is 0 Å². The van der Waals surface area contributed by atoms with Crippen molar-refractivity contribution in [1.29, 1.82) is 0 Å². The molecule has 11 heteroatoms. The number of fused-ring (bicyclic) bond motifs is 1. The number of nitrogens with one attached hydrogen (secondary N) is 2. The zero-order valence-corrected chi connectivity index (χ0v) is 14.9. The number of aromatic nitrogens is 1. The lowest BCUT2D eigenvalue weighted by Gasteiger charge is -2.08. The third-order valence-corrected chi connectivity index (χ3v) is 4.72. The standard InChI is InChI=1S/C17H13F3N4O3S/c18-17(19,20)11-3-1-10(2-4-11)15(25)21-7-8-22-16-23-13-6-5-12(24(26)27)9-14(13)28-16/h1-6,9H,7-8H2,(H,21,25)(H,22,23). The van der Waals surface area contributed by atoms with Crippen molar-refractivity contribution >= 4 is 38.3 Å². The lowest BCUT2D eigenvalue weighted by molar-refractivity contribution is -0.384. The summed E-state index contributed by atoms with van der Waals surface area (Å²) in [4.78, 5) is 26.6. The highest BCUT2D eigenvalue weighted by Crippen LogP contribution is 2.30. The molecular formula is C17H13F3N4O3S. The first-order valence-corrected chi connectivity index (χ1v) is 8.80. The lowest BCUT2D eigenvalue weighted by Crippen LogP contribution is -2.28. The molecule has 146 valence electrons.